The van der Waals surface area contributed by atoms with Crippen molar-refractivity contribution in [1.29, 1.82) is 0 Å². The molecule has 0 atom stereocenters. The molecule has 0 saturated carbocycles. The van der Waals surface area contributed by atoms with Gasteiger partial charge in [-0.15, -0.1) is 12.4 Å². The Morgan fingerprint density at radius 2 is 1.96 bits per heavy atom. The van der Waals surface area contributed by atoms with Gasteiger partial charge in [0.25, 0.3) is 0 Å². The van der Waals surface area contributed by atoms with Gasteiger partial charge in [-0.1, -0.05) is 32.0 Å². The van der Waals surface area contributed by atoms with E-state index in [9.17, 15) is 9.18 Å². The molecular weight excluding hydrogens is 367 g/mol. The fourth-order valence-corrected chi connectivity index (χ4v) is 2.98. The van der Waals surface area contributed by atoms with Crippen LogP contribution in [0.2, 0.25) is 0 Å². The van der Waals surface area contributed by atoms with E-state index >= 15 is 0 Å². The number of carbonyl (C=O) groups excluding carboxylic acids is 1. The number of ether oxygens (including phenoxy) is 1. The van der Waals surface area contributed by atoms with Crippen LogP contribution in [0.25, 0.3) is 0 Å². The molecular formula is C21H26ClFN2O2. The zero-order valence-corrected chi connectivity index (χ0v) is 16.5. The van der Waals surface area contributed by atoms with Crippen LogP contribution in [0.3, 0.4) is 0 Å². The Balaban J connectivity index is 0.00000261. The molecule has 146 valence electrons. The minimum atomic E-state index is -0.310. The lowest BCUT2D eigenvalue weighted by molar-refractivity contribution is -0.115. The van der Waals surface area contributed by atoms with E-state index in [0.29, 0.717) is 31.1 Å². The van der Waals surface area contributed by atoms with Gasteiger partial charge in [0.15, 0.2) is 0 Å². The summed E-state index contributed by atoms with van der Waals surface area (Å²) in [7, 11) is 0. The fourth-order valence-electron chi connectivity index (χ4n) is 2.98. The summed E-state index contributed by atoms with van der Waals surface area (Å²) >= 11 is 0. The molecule has 0 bridgehead atoms. The van der Waals surface area contributed by atoms with Crippen LogP contribution in [0.1, 0.15) is 30.5 Å². The Morgan fingerprint density at radius 3 is 2.67 bits per heavy atom. The summed E-state index contributed by atoms with van der Waals surface area (Å²) in [6, 6.07) is 11.0. The van der Waals surface area contributed by atoms with Gasteiger partial charge < -0.3 is 15.4 Å². The highest BCUT2D eigenvalue weighted by atomic mass is 35.5. The summed E-state index contributed by atoms with van der Waals surface area (Å²) in [6.45, 7) is 6.27. The number of hydrogen-bond donors (Lipinski definition) is 2. The molecule has 1 heterocycles. The molecule has 0 aromatic heterocycles. The number of fused-ring (bicyclic) bond motifs is 1. The SMILES string of the molecule is CC(C)COc1ccc(CC(=O)Nc2ccc3c(c2F)CCNC3)cc1.Cl. The molecule has 0 aliphatic carbocycles. The predicted molar refractivity (Wildman–Crippen MR) is 108 cm³/mol. The van der Waals surface area contributed by atoms with Gasteiger partial charge in [0.05, 0.1) is 18.7 Å². The summed E-state index contributed by atoms with van der Waals surface area (Å²) in [4.78, 5) is 12.3. The van der Waals surface area contributed by atoms with Crippen molar-refractivity contribution < 1.29 is 13.9 Å². The number of hydrogen-bond acceptors (Lipinski definition) is 3. The molecule has 1 aliphatic rings. The molecule has 2 aromatic rings. The van der Waals surface area contributed by atoms with E-state index in [4.69, 9.17) is 4.74 Å². The van der Waals surface area contributed by atoms with Crippen molar-refractivity contribution in [2.24, 2.45) is 5.92 Å². The van der Waals surface area contributed by atoms with Crippen LogP contribution in [0.15, 0.2) is 36.4 Å². The molecule has 6 heteroatoms. The summed E-state index contributed by atoms with van der Waals surface area (Å²) in [6.07, 6.45) is 0.839. The normalized spacial score (nSPS) is 12.9. The first kappa shape index (κ1) is 21.2. The number of halogens is 2. The maximum absolute atomic E-state index is 14.6. The maximum Gasteiger partial charge on any atom is 0.228 e. The van der Waals surface area contributed by atoms with Crippen LogP contribution in [-0.2, 0) is 24.2 Å². The average Bonchev–Trinajstić information content (AvgIpc) is 2.63. The summed E-state index contributed by atoms with van der Waals surface area (Å²) < 4.78 is 20.2. The highest BCUT2D eigenvalue weighted by Gasteiger charge is 2.17. The van der Waals surface area contributed by atoms with Crippen molar-refractivity contribution in [3.8, 4) is 5.75 Å². The lowest BCUT2D eigenvalue weighted by Gasteiger charge is -2.19. The highest BCUT2D eigenvalue weighted by Crippen LogP contribution is 2.24. The van der Waals surface area contributed by atoms with Gasteiger partial charge in [0.2, 0.25) is 5.91 Å². The number of benzene rings is 2. The van der Waals surface area contributed by atoms with E-state index in [2.05, 4.69) is 24.5 Å². The number of rotatable bonds is 6. The molecule has 4 nitrogen and oxygen atoms in total. The summed E-state index contributed by atoms with van der Waals surface area (Å²) in [5.74, 6) is 0.711. The van der Waals surface area contributed by atoms with Crippen LogP contribution >= 0.6 is 12.4 Å². The van der Waals surface area contributed by atoms with Crippen molar-refractivity contribution in [2.75, 3.05) is 18.5 Å². The smallest absolute Gasteiger partial charge is 0.228 e. The highest BCUT2D eigenvalue weighted by molar-refractivity contribution is 5.92. The molecule has 1 amide bonds. The quantitative estimate of drug-likeness (QED) is 0.777. The second kappa shape index (κ2) is 9.72. The van der Waals surface area contributed by atoms with E-state index in [0.717, 1.165) is 23.4 Å². The van der Waals surface area contributed by atoms with Crippen molar-refractivity contribution in [3.63, 3.8) is 0 Å². The van der Waals surface area contributed by atoms with E-state index in [1.165, 1.54) is 0 Å². The first-order valence-corrected chi connectivity index (χ1v) is 9.05. The molecule has 1 aliphatic heterocycles. The van der Waals surface area contributed by atoms with Gasteiger partial charge in [-0.3, -0.25) is 4.79 Å². The third-order valence-corrected chi connectivity index (χ3v) is 4.35. The minimum absolute atomic E-state index is 0. The number of anilines is 1. The van der Waals surface area contributed by atoms with Crippen molar-refractivity contribution >= 4 is 24.0 Å². The van der Waals surface area contributed by atoms with E-state index in [1.54, 1.807) is 6.07 Å². The molecule has 0 unspecified atom stereocenters. The monoisotopic (exact) mass is 392 g/mol. The lowest BCUT2D eigenvalue weighted by atomic mass is 9.99. The number of carbonyl (C=O) groups is 1. The molecule has 0 fully saturated rings. The number of nitrogens with one attached hydrogen (secondary N) is 2. The van der Waals surface area contributed by atoms with Crippen molar-refractivity contribution in [1.82, 2.24) is 5.32 Å². The van der Waals surface area contributed by atoms with Gasteiger partial charge in [-0.05, 0) is 53.8 Å². The largest absolute Gasteiger partial charge is 0.493 e. The molecule has 0 spiro atoms. The van der Waals surface area contributed by atoms with Crippen molar-refractivity contribution in [2.45, 2.75) is 33.2 Å². The molecule has 27 heavy (non-hydrogen) atoms. The Labute approximate surface area is 165 Å². The minimum Gasteiger partial charge on any atom is -0.493 e. The van der Waals surface area contributed by atoms with Gasteiger partial charge in [0, 0.05) is 6.54 Å². The average molecular weight is 393 g/mol. The van der Waals surface area contributed by atoms with E-state index in [1.807, 2.05) is 30.3 Å². The van der Waals surface area contributed by atoms with E-state index in [-0.39, 0.29) is 36.2 Å². The zero-order chi connectivity index (χ0) is 18.5. The first-order chi connectivity index (χ1) is 12.5. The van der Waals surface area contributed by atoms with Crippen LogP contribution < -0.4 is 15.4 Å². The van der Waals surface area contributed by atoms with Gasteiger partial charge in [0.1, 0.15) is 11.6 Å². The van der Waals surface area contributed by atoms with Gasteiger partial charge in [-0.2, -0.15) is 0 Å². The number of amides is 1. The Morgan fingerprint density at radius 1 is 1.22 bits per heavy atom. The first-order valence-electron chi connectivity index (χ1n) is 9.05. The van der Waals surface area contributed by atoms with Crippen molar-refractivity contribution in [3.05, 3.63) is 58.9 Å². The second-order valence-electron chi connectivity index (χ2n) is 7.07. The van der Waals surface area contributed by atoms with Crippen LogP contribution in [0, 0.1) is 11.7 Å². The summed E-state index contributed by atoms with van der Waals surface area (Å²) in [5.41, 5.74) is 2.78. The van der Waals surface area contributed by atoms with Crippen LogP contribution in [0.4, 0.5) is 10.1 Å². The summed E-state index contributed by atoms with van der Waals surface area (Å²) in [5, 5.41) is 5.91. The van der Waals surface area contributed by atoms with Gasteiger partial charge in [-0.25, -0.2) is 4.39 Å². The predicted octanol–water partition coefficient (Wildman–Crippen LogP) is 4.11. The Hall–Kier alpha value is -2.11. The standard InChI is InChI=1S/C21H25FN2O2.ClH/c1-14(2)13-26-17-6-3-15(4-7-17)11-20(25)24-19-8-5-16-12-23-10-9-18(16)21(19)22;/h3-8,14,23H,9-13H2,1-2H3,(H,24,25);1H. The topological polar surface area (TPSA) is 50.4 Å². The molecule has 0 radical (unpaired) electrons. The van der Waals surface area contributed by atoms with Crippen LogP contribution in [0.5, 0.6) is 5.75 Å². The molecule has 2 N–H and O–H groups in total. The van der Waals surface area contributed by atoms with Gasteiger partial charge >= 0.3 is 0 Å². The Kier molecular flexibility index (Phi) is 7.63. The molecule has 3 rings (SSSR count). The third kappa shape index (κ3) is 5.68. The Bertz CT molecular complexity index is 778. The third-order valence-electron chi connectivity index (χ3n) is 4.35. The molecule has 2 aromatic carbocycles. The fraction of sp³-hybridized carbons (Fsp3) is 0.381. The zero-order valence-electron chi connectivity index (χ0n) is 15.7. The van der Waals surface area contributed by atoms with E-state index < -0.39 is 0 Å². The maximum atomic E-state index is 14.6. The van der Waals surface area contributed by atoms with Crippen LogP contribution in [-0.4, -0.2) is 19.1 Å². The molecule has 0 saturated heterocycles. The second-order valence-corrected chi connectivity index (χ2v) is 7.07. The lowest BCUT2D eigenvalue weighted by Crippen LogP contribution is -2.25.